The Balaban J connectivity index is 2.05. The van der Waals surface area contributed by atoms with Crippen molar-refractivity contribution in [1.82, 2.24) is 14.7 Å². The fourth-order valence-corrected chi connectivity index (χ4v) is 2.66. The average molecular weight is 319 g/mol. The number of carboxylic acids is 1. The molecule has 1 aliphatic rings. The van der Waals surface area contributed by atoms with Gasteiger partial charge in [-0.1, -0.05) is 0 Å². The van der Waals surface area contributed by atoms with E-state index in [0.717, 1.165) is 16.9 Å². The molecular formula is C13H16F3N3O3. The topological polar surface area (TPSA) is 75.4 Å². The zero-order chi connectivity index (χ0) is 16.5. The number of carbonyl (C=O) groups is 2. The van der Waals surface area contributed by atoms with E-state index in [1.165, 1.54) is 4.90 Å². The van der Waals surface area contributed by atoms with Gasteiger partial charge in [0.25, 0.3) is 0 Å². The van der Waals surface area contributed by atoms with E-state index < -0.39 is 35.7 Å². The highest BCUT2D eigenvalue weighted by Crippen LogP contribution is 2.27. The van der Waals surface area contributed by atoms with Crippen LogP contribution in [0.3, 0.4) is 0 Å². The van der Waals surface area contributed by atoms with Crippen LogP contribution in [0, 0.1) is 5.92 Å². The molecule has 0 radical (unpaired) electrons. The Kier molecular flexibility index (Phi) is 4.43. The molecule has 1 N–H and O–H groups in total. The van der Waals surface area contributed by atoms with Crippen LogP contribution < -0.4 is 0 Å². The number of carboxylic acid groups (broad SMARTS) is 1. The number of hydrogen-bond donors (Lipinski definition) is 1. The SMILES string of the molecule is C[C@@H]1[C@H](C(=O)O)CCCN1C(=O)Cn1ccc(C(F)(F)F)n1. The molecular weight excluding hydrogens is 303 g/mol. The summed E-state index contributed by atoms with van der Waals surface area (Å²) in [6, 6.07) is 0.309. The summed E-state index contributed by atoms with van der Waals surface area (Å²) in [6.07, 6.45) is -2.43. The van der Waals surface area contributed by atoms with Crippen molar-refractivity contribution in [2.45, 2.75) is 38.5 Å². The number of aromatic nitrogens is 2. The van der Waals surface area contributed by atoms with Crippen LogP contribution in [0.25, 0.3) is 0 Å². The van der Waals surface area contributed by atoms with Gasteiger partial charge in [-0.25, -0.2) is 0 Å². The van der Waals surface area contributed by atoms with Gasteiger partial charge in [0.15, 0.2) is 5.69 Å². The number of amides is 1. The predicted octanol–water partition coefficient (Wildman–Crippen LogP) is 1.61. The van der Waals surface area contributed by atoms with Crippen molar-refractivity contribution in [2.75, 3.05) is 6.54 Å². The zero-order valence-electron chi connectivity index (χ0n) is 11.9. The summed E-state index contributed by atoms with van der Waals surface area (Å²) in [7, 11) is 0. The molecule has 0 spiro atoms. The molecule has 1 aromatic rings. The number of rotatable bonds is 3. The van der Waals surface area contributed by atoms with Crippen molar-refractivity contribution in [1.29, 1.82) is 0 Å². The molecule has 122 valence electrons. The maximum atomic E-state index is 12.5. The van der Waals surface area contributed by atoms with Crippen LogP contribution in [0.2, 0.25) is 0 Å². The molecule has 22 heavy (non-hydrogen) atoms. The van der Waals surface area contributed by atoms with Crippen molar-refractivity contribution >= 4 is 11.9 Å². The molecule has 0 aromatic carbocycles. The summed E-state index contributed by atoms with van der Waals surface area (Å²) >= 11 is 0. The molecule has 0 bridgehead atoms. The van der Waals surface area contributed by atoms with Crippen molar-refractivity contribution in [3.05, 3.63) is 18.0 Å². The van der Waals surface area contributed by atoms with Crippen LogP contribution in [0.1, 0.15) is 25.5 Å². The molecule has 2 rings (SSSR count). The first-order chi connectivity index (χ1) is 10.2. The maximum Gasteiger partial charge on any atom is 0.435 e. The average Bonchev–Trinajstić information content (AvgIpc) is 2.86. The molecule has 0 aliphatic carbocycles. The minimum Gasteiger partial charge on any atom is -0.481 e. The van der Waals surface area contributed by atoms with E-state index in [1.54, 1.807) is 6.92 Å². The van der Waals surface area contributed by atoms with E-state index in [4.69, 9.17) is 5.11 Å². The highest BCUT2D eigenvalue weighted by molar-refractivity contribution is 5.78. The quantitative estimate of drug-likeness (QED) is 0.918. The molecule has 1 saturated heterocycles. The van der Waals surface area contributed by atoms with E-state index in [0.29, 0.717) is 19.4 Å². The Bertz CT molecular complexity index is 570. The van der Waals surface area contributed by atoms with Gasteiger partial charge in [0, 0.05) is 18.8 Å². The minimum atomic E-state index is -4.55. The molecule has 2 heterocycles. The number of aliphatic carboxylic acids is 1. The molecule has 6 nitrogen and oxygen atoms in total. The second-order valence-corrected chi connectivity index (χ2v) is 5.31. The Morgan fingerprint density at radius 2 is 2.14 bits per heavy atom. The summed E-state index contributed by atoms with van der Waals surface area (Å²) in [5, 5.41) is 12.4. The minimum absolute atomic E-state index is 0.341. The third-order valence-electron chi connectivity index (χ3n) is 3.85. The van der Waals surface area contributed by atoms with Crippen molar-refractivity contribution < 1.29 is 27.9 Å². The van der Waals surface area contributed by atoms with Gasteiger partial charge >= 0.3 is 12.1 Å². The Labute approximate surface area is 124 Å². The second-order valence-electron chi connectivity index (χ2n) is 5.31. The zero-order valence-corrected chi connectivity index (χ0v) is 11.9. The molecule has 1 aromatic heterocycles. The molecule has 9 heteroatoms. The fraction of sp³-hybridized carbons (Fsp3) is 0.615. The standard InChI is InChI=1S/C13H16F3N3O3/c1-8-9(12(21)22)3-2-5-19(8)11(20)7-18-6-4-10(17-18)13(14,15)16/h4,6,8-9H,2-3,5,7H2,1H3,(H,21,22)/t8-,9-/m1/s1. The first-order valence-corrected chi connectivity index (χ1v) is 6.83. The van der Waals surface area contributed by atoms with E-state index in [9.17, 15) is 22.8 Å². The summed E-state index contributed by atoms with van der Waals surface area (Å²) < 4.78 is 38.3. The highest BCUT2D eigenvalue weighted by atomic mass is 19.4. The van der Waals surface area contributed by atoms with Crippen molar-refractivity contribution in [3.8, 4) is 0 Å². The van der Waals surface area contributed by atoms with Gasteiger partial charge in [-0.15, -0.1) is 0 Å². The van der Waals surface area contributed by atoms with Gasteiger partial charge < -0.3 is 10.0 Å². The van der Waals surface area contributed by atoms with Crippen LogP contribution in [-0.2, 0) is 22.3 Å². The lowest BCUT2D eigenvalue weighted by atomic mass is 9.90. The number of likely N-dealkylation sites (tertiary alicyclic amines) is 1. The number of halogens is 3. The molecule has 0 unspecified atom stereocenters. The lowest BCUT2D eigenvalue weighted by Gasteiger charge is -2.37. The van der Waals surface area contributed by atoms with Crippen molar-refractivity contribution in [2.24, 2.45) is 5.92 Å². The summed E-state index contributed by atoms with van der Waals surface area (Å²) in [4.78, 5) is 24.7. The van der Waals surface area contributed by atoms with E-state index in [-0.39, 0.29) is 6.54 Å². The molecule has 1 aliphatic heterocycles. The van der Waals surface area contributed by atoms with Crippen LogP contribution in [0.4, 0.5) is 13.2 Å². The van der Waals surface area contributed by atoms with Crippen LogP contribution >= 0.6 is 0 Å². The number of carbonyl (C=O) groups excluding carboxylic acids is 1. The Morgan fingerprint density at radius 3 is 2.68 bits per heavy atom. The van der Waals surface area contributed by atoms with E-state index in [2.05, 4.69) is 5.10 Å². The molecule has 1 amide bonds. The molecule has 0 saturated carbocycles. The number of alkyl halides is 3. The van der Waals surface area contributed by atoms with E-state index in [1.807, 2.05) is 0 Å². The summed E-state index contributed by atoms with van der Waals surface area (Å²) in [6.45, 7) is 1.70. The first kappa shape index (κ1) is 16.3. The predicted molar refractivity (Wildman–Crippen MR) is 68.8 cm³/mol. The van der Waals surface area contributed by atoms with Gasteiger partial charge in [0.2, 0.25) is 5.91 Å². The van der Waals surface area contributed by atoms with Gasteiger partial charge in [0.05, 0.1) is 5.92 Å². The third-order valence-corrected chi connectivity index (χ3v) is 3.85. The normalized spacial score (nSPS) is 22.6. The highest BCUT2D eigenvalue weighted by Gasteiger charge is 2.36. The smallest absolute Gasteiger partial charge is 0.435 e. The second kappa shape index (κ2) is 5.98. The lowest BCUT2D eigenvalue weighted by molar-refractivity contribution is -0.149. The first-order valence-electron chi connectivity index (χ1n) is 6.83. The van der Waals surface area contributed by atoms with Gasteiger partial charge in [-0.2, -0.15) is 18.3 Å². The summed E-state index contributed by atoms with van der Waals surface area (Å²) in [5.41, 5.74) is -1.06. The lowest BCUT2D eigenvalue weighted by Crippen LogP contribution is -2.50. The summed E-state index contributed by atoms with van der Waals surface area (Å²) in [5.74, 6) is -2.06. The molecule has 1 fully saturated rings. The number of hydrogen-bond acceptors (Lipinski definition) is 3. The van der Waals surface area contributed by atoms with E-state index >= 15 is 0 Å². The van der Waals surface area contributed by atoms with Crippen LogP contribution in [-0.4, -0.2) is 44.3 Å². The largest absolute Gasteiger partial charge is 0.481 e. The van der Waals surface area contributed by atoms with Gasteiger partial charge in [0.1, 0.15) is 6.54 Å². The van der Waals surface area contributed by atoms with Crippen molar-refractivity contribution in [3.63, 3.8) is 0 Å². The third kappa shape index (κ3) is 3.40. The molecule has 2 atom stereocenters. The number of nitrogens with zero attached hydrogens (tertiary/aromatic N) is 3. The van der Waals surface area contributed by atoms with Crippen LogP contribution in [0.5, 0.6) is 0 Å². The number of piperidine rings is 1. The Hall–Kier alpha value is -2.06. The van der Waals surface area contributed by atoms with Crippen LogP contribution in [0.15, 0.2) is 12.3 Å². The monoisotopic (exact) mass is 319 g/mol. The maximum absolute atomic E-state index is 12.5. The Morgan fingerprint density at radius 1 is 1.45 bits per heavy atom. The van der Waals surface area contributed by atoms with Gasteiger partial charge in [-0.05, 0) is 25.8 Å². The fourth-order valence-electron chi connectivity index (χ4n) is 2.66. The van der Waals surface area contributed by atoms with Gasteiger partial charge in [-0.3, -0.25) is 14.3 Å².